The van der Waals surface area contributed by atoms with Crippen molar-refractivity contribution >= 4 is 16.0 Å². The van der Waals surface area contributed by atoms with Crippen molar-refractivity contribution in [2.45, 2.75) is 173 Å². The smallest absolute Gasteiger partial charge is 0.267 e. The highest BCUT2D eigenvalue weighted by Gasteiger charge is 2.27. The summed E-state index contributed by atoms with van der Waals surface area (Å²) in [5.74, 6) is -1.56. The second-order valence-corrected chi connectivity index (χ2v) is 13.1. The molecule has 0 saturated heterocycles. The number of aliphatic hydroxyl groups is 2. The van der Waals surface area contributed by atoms with E-state index < -0.39 is 40.0 Å². The SMILES string of the molecule is CCCCCCCCCC/C=C/CC/C=C/C(O)C(CS(=O)(=O)O)NC(=O)C(O)CCCCCCCCCCCC. The van der Waals surface area contributed by atoms with Crippen LogP contribution >= 0.6 is 0 Å². The van der Waals surface area contributed by atoms with Crippen LogP contribution in [0.25, 0.3) is 0 Å². The Morgan fingerprint density at radius 2 is 1.10 bits per heavy atom. The zero-order valence-corrected chi connectivity index (χ0v) is 27.1. The minimum atomic E-state index is -4.44. The van der Waals surface area contributed by atoms with Gasteiger partial charge in [-0.3, -0.25) is 9.35 Å². The second kappa shape index (κ2) is 27.6. The highest BCUT2D eigenvalue weighted by atomic mass is 32.2. The van der Waals surface area contributed by atoms with Crippen molar-refractivity contribution in [2.24, 2.45) is 0 Å². The van der Waals surface area contributed by atoms with Crippen molar-refractivity contribution in [3.05, 3.63) is 24.3 Å². The molecule has 0 radical (unpaired) electrons. The first-order chi connectivity index (χ1) is 19.7. The van der Waals surface area contributed by atoms with Gasteiger partial charge in [0.2, 0.25) is 5.91 Å². The maximum Gasteiger partial charge on any atom is 0.267 e. The van der Waals surface area contributed by atoms with Gasteiger partial charge in [0.1, 0.15) is 6.10 Å². The number of unbranched alkanes of at least 4 members (excludes halogenated alkanes) is 18. The number of carbonyl (C=O) groups is 1. The van der Waals surface area contributed by atoms with Crippen LogP contribution in [-0.2, 0) is 14.9 Å². The lowest BCUT2D eigenvalue weighted by molar-refractivity contribution is -0.130. The Bertz CT molecular complexity index is 768. The molecular formula is C33H63NO6S. The fraction of sp³-hybridized carbons (Fsp3) is 0.848. The molecule has 7 nitrogen and oxygen atoms in total. The Hall–Kier alpha value is -1.22. The zero-order chi connectivity index (χ0) is 30.6. The van der Waals surface area contributed by atoms with Crippen LogP contribution in [0.5, 0.6) is 0 Å². The average Bonchev–Trinajstić information content (AvgIpc) is 2.92. The molecule has 41 heavy (non-hydrogen) atoms. The van der Waals surface area contributed by atoms with Gasteiger partial charge in [-0.1, -0.05) is 147 Å². The first kappa shape index (κ1) is 39.8. The fourth-order valence-corrected chi connectivity index (χ4v) is 5.62. The summed E-state index contributed by atoms with van der Waals surface area (Å²) >= 11 is 0. The van der Waals surface area contributed by atoms with E-state index in [-0.39, 0.29) is 6.42 Å². The van der Waals surface area contributed by atoms with Crippen molar-refractivity contribution in [3.63, 3.8) is 0 Å². The molecular weight excluding hydrogens is 538 g/mol. The van der Waals surface area contributed by atoms with E-state index in [2.05, 4.69) is 31.3 Å². The Morgan fingerprint density at radius 3 is 1.61 bits per heavy atom. The zero-order valence-electron chi connectivity index (χ0n) is 26.3. The molecule has 8 heteroatoms. The van der Waals surface area contributed by atoms with Crippen LogP contribution in [0.3, 0.4) is 0 Å². The summed E-state index contributed by atoms with van der Waals surface area (Å²) in [5, 5.41) is 23.1. The van der Waals surface area contributed by atoms with Crippen LogP contribution in [0, 0.1) is 0 Å². The summed E-state index contributed by atoms with van der Waals surface area (Å²) in [7, 11) is -4.44. The van der Waals surface area contributed by atoms with Crippen LogP contribution in [0.1, 0.15) is 155 Å². The Morgan fingerprint density at radius 1 is 0.659 bits per heavy atom. The fourth-order valence-electron chi connectivity index (χ4n) is 4.88. The third kappa shape index (κ3) is 27.4. The molecule has 0 aliphatic heterocycles. The van der Waals surface area contributed by atoms with Gasteiger partial charge in [-0.05, 0) is 32.1 Å². The molecule has 0 rings (SSSR count). The summed E-state index contributed by atoms with van der Waals surface area (Å²) in [6.45, 7) is 4.44. The van der Waals surface area contributed by atoms with Gasteiger partial charge in [-0.25, -0.2) is 0 Å². The van der Waals surface area contributed by atoms with Gasteiger partial charge in [0.05, 0.1) is 17.9 Å². The molecule has 0 aliphatic rings. The second-order valence-electron chi connectivity index (χ2n) is 11.6. The predicted octanol–water partition coefficient (Wildman–Crippen LogP) is 7.82. The van der Waals surface area contributed by atoms with Gasteiger partial charge in [0, 0.05) is 0 Å². The largest absolute Gasteiger partial charge is 0.387 e. The third-order valence-electron chi connectivity index (χ3n) is 7.49. The minimum Gasteiger partial charge on any atom is -0.387 e. The number of amides is 1. The predicted molar refractivity (Wildman–Crippen MR) is 172 cm³/mol. The first-order valence-corrected chi connectivity index (χ1v) is 18.3. The molecule has 1 amide bonds. The molecule has 0 bridgehead atoms. The van der Waals surface area contributed by atoms with E-state index in [1.54, 1.807) is 6.08 Å². The lowest BCUT2D eigenvalue weighted by atomic mass is 10.0. The number of rotatable bonds is 29. The number of nitrogens with one attached hydrogen (secondary N) is 1. The van der Waals surface area contributed by atoms with Gasteiger partial charge in [0.25, 0.3) is 10.1 Å². The molecule has 0 saturated carbocycles. The Kier molecular flexibility index (Phi) is 26.8. The van der Waals surface area contributed by atoms with Crippen molar-refractivity contribution in [2.75, 3.05) is 5.75 Å². The van der Waals surface area contributed by atoms with Crippen LogP contribution in [0.2, 0.25) is 0 Å². The number of carbonyl (C=O) groups excluding carboxylic acids is 1. The quantitative estimate of drug-likeness (QED) is 0.0394. The van der Waals surface area contributed by atoms with E-state index in [0.717, 1.165) is 32.1 Å². The molecule has 3 unspecified atom stereocenters. The van der Waals surface area contributed by atoms with E-state index in [1.165, 1.54) is 96.0 Å². The van der Waals surface area contributed by atoms with E-state index >= 15 is 0 Å². The van der Waals surface area contributed by atoms with E-state index in [0.29, 0.717) is 12.8 Å². The highest BCUT2D eigenvalue weighted by molar-refractivity contribution is 7.85. The number of aliphatic hydroxyl groups excluding tert-OH is 2. The standard InChI is InChI=1S/C33H63NO6S/c1-3-5-7-9-11-13-15-16-17-18-20-21-23-25-27-31(35)30(29-41(38,39)40)34-33(37)32(36)28-26-24-22-19-14-12-10-8-6-4-2/h18,20,25,27,30-32,35-36H,3-17,19,21-24,26,28-29H2,1-2H3,(H,34,37)(H,38,39,40)/b20-18+,27-25+. The van der Waals surface area contributed by atoms with E-state index in [1.807, 2.05) is 0 Å². The minimum absolute atomic E-state index is 0.276. The maximum absolute atomic E-state index is 12.5. The molecule has 0 aromatic carbocycles. The number of hydrogen-bond donors (Lipinski definition) is 4. The summed E-state index contributed by atoms with van der Waals surface area (Å²) < 4.78 is 32.2. The van der Waals surface area contributed by atoms with Gasteiger partial charge < -0.3 is 15.5 Å². The van der Waals surface area contributed by atoms with Crippen LogP contribution in [0.15, 0.2) is 24.3 Å². The van der Waals surface area contributed by atoms with Crippen molar-refractivity contribution in [1.29, 1.82) is 0 Å². The molecule has 0 fully saturated rings. The van der Waals surface area contributed by atoms with Crippen LogP contribution < -0.4 is 5.32 Å². The van der Waals surface area contributed by atoms with Gasteiger partial charge in [-0.15, -0.1) is 0 Å². The normalized spacial score (nSPS) is 14.6. The molecule has 0 aromatic heterocycles. The molecule has 3 atom stereocenters. The summed E-state index contributed by atoms with van der Waals surface area (Å²) in [6, 6.07) is -1.24. The molecule has 0 aliphatic carbocycles. The van der Waals surface area contributed by atoms with E-state index in [9.17, 15) is 28.0 Å². The summed E-state index contributed by atoms with van der Waals surface area (Å²) in [6.07, 6.45) is 29.5. The van der Waals surface area contributed by atoms with Crippen LogP contribution in [0.4, 0.5) is 0 Å². The monoisotopic (exact) mass is 601 g/mol. The number of hydrogen-bond acceptors (Lipinski definition) is 5. The Balaban J connectivity index is 4.26. The van der Waals surface area contributed by atoms with E-state index in [4.69, 9.17) is 0 Å². The summed E-state index contributed by atoms with van der Waals surface area (Å²) in [5.41, 5.74) is 0. The third-order valence-corrected chi connectivity index (χ3v) is 8.27. The van der Waals surface area contributed by atoms with Gasteiger partial charge in [-0.2, -0.15) is 8.42 Å². The number of allylic oxidation sites excluding steroid dienone is 3. The van der Waals surface area contributed by atoms with Crippen molar-refractivity contribution < 1.29 is 28.0 Å². The topological polar surface area (TPSA) is 124 Å². The summed E-state index contributed by atoms with van der Waals surface area (Å²) in [4.78, 5) is 12.5. The molecule has 0 aromatic rings. The molecule has 4 N–H and O–H groups in total. The van der Waals surface area contributed by atoms with Gasteiger partial charge >= 0.3 is 0 Å². The van der Waals surface area contributed by atoms with Crippen LogP contribution in [-0.4, -0.2) is 53.1 Å². The highest BCUT2D eigenvalue weighted by Crippen LogP contribution is 2.13. The molecule has 242 valence electrons. The average molecular weight is 602 g/mol. The van der Waals surface area contributed by atoms with Crippen molar-refractivity contribution in [3.8, 4) is 0 Å². The maximum atomic E-state index is 12.5. The lowest BCUT2D eigenvalue weighted by Gasteiger charge is -2.22. The Labute approximate surface area is 252 Å². The molecule has 0 spiro atoms. The lowest BCUT2D eigenvalue weighted by Crippen LogP contribution is -2.50. The molecule has 0 heterocycles. The van der Waals surface area contributed by atoms with Gasteiger partial charge in [0.15, 0.2) is 0 Å². The first-order valence-electron chi connectivity index (χ1n) is 16.6. The van der Waals surface area contributed by atoms with Crippen molar-refractivity contribution in [1.82, 2.24) is 5.32 Å².